The topological polar surface area (TPSA) is 88.5 Å². The molecule has 2 N–H and O–H groups in total. The Morgan fingerprint density at radius 2 is 2.39 bits per heavy atom. The van der Waals surface area contributed by atoms with Crippen molar-refractivity contribution in [1.29, 1.82) is 0 Å². The summed E-state index contributed by atoms with van der Waals surface area (Å²) in [5.74, 6) is 1.86. The van der Waals surface area contributed by atoms with Crippen molar-refractivity contribution in [3.05, 3.63) is 34.6 Å². The average molecular weight is 246 g/mol. The highest BCUT2D eigenvalue weighted by molar-refractivity contribution is 5.33. The standard InChI is InChI=1S/C11H14N6O/c18-10-7-9(14-11(15-10)8-1-2-8)12-3-5-17-6-4-13-16-17/h4,6-8H,1-3,5H2,(H2,12,14,15,18). The molecule has 3 rings (SSSR count). The molecule has 0 spiro atoms. The summed E-state index contributed by atoms with van der Waals surface area (Å²) in [6.07, 6.45) is 5.66. The smallest absolute Gasteiger partial charge is 0.252 e. The largest absolute Gasteiger partial charge is 0.368 e. The predicted molar refractivity (Wildman–Crippen MR) is 65.3 cm³/mol. The Labute approximate surface area is 103 Å². The van der Waals surface area contributed by atoms with Crippen LogP contribution >= 0.6 is 0 Å². The van der Waals surface area contributed by atoms with Gasteiger partial charge in [0.25, 0.3) is 5.56 Å². The Morgan fingerprint density at radius 1 is 1.50 bits per heavy atom. The van der Waals surface area contributed by atoms with E-state index in [1.54, 1.807) is 17.1 Å². The van der Waals surface area contributed by atoms with Crippen molar-refractivity contribution in [1.82, 2.24) is 25.0 Å². The van der Waals surface area contributed by atoms with Gasteiger partial charge in [-0.05, 0) is 12.8 Å². The van der Waals surface area contributed by atoms with Crippen LogP contribution in [0.1, 0.15) is 24.6 Å². The molecule has 2 heterocycles. The number of aromatic amines is 1. The van der Waals surface area contributed by atoms with Gasteiger partial charge in [0.05, 0.1) is 12.7 Å². The summed E-state index contributed by atoms with van der Waals surface area (Å²) in [5, 5.41) is 10.7. The molecule has 7 heteroatoms. The summed E-state index contributed by atoms with van der Waals surface area (Å²) in [6.45, 7) is 1.34. The van der Waals surface area contributed by atoms with Crippen LogP contribution in [0.4, 0.5) is 5.82 Å². The van der Waals surface area contributed by atoms with Gasteiger partial charge >= 0.3 is 0 Å². The molecule has 18 heavy (non-hydrogen) atoms. The van der Waals surface area contributed by atoms with Crippen molar-refractivity contribution in [2.24, 2.45) is 0 Å². The van der Waals surface area contributed by atoms with Gasteiger partial charge in [-0.3, -0.25) is 9.48 Å². The van der Waals surface area contributed by atoms with E-state index in [-0.39, 0.29) is 5.56 Å². The van der Waals surface area contributed by atoms with Gasteiger partial charge in [0.1, 0.15) is 11.6 Å². The summed E-state index contributed by atoms with van der Waals surface area (Å²) < 4.78 is 1.72. The van der Waals surface area contributed by atoms with Crippen LogP contribution in [0, 0.1) is 0 Å². The van der Waals surface area contributed by atoms with Crippen molar-refractivity contribution in [3.8, 4) is 0 Å². The summed E-state index contributed by atoms with van der Waals surface area (Å²) in [7, 11) is 0. The second-order valence-corrected chi connectivity index (χ2v) is 4.38. The Balaban J connectivity index is 1.63. The van der Waals surface area contributed by atoms with Crippen LogP contribution in [-0.2, 0) is 6.54 Å². The molecule has 1 fully saturated rings. The molecule has 0 saturated heterocycles. The van der Waals surface area contributed by atoms with Gasteiger partial charge in [-0.2, -0.15) is 0 Å². The van der Waals surface area contributed by atoms with E-state index in [9.17, 15) is 4.79 Å². The molecule has 0 radical (unpaired) electrons. The first-order chi connectivity index (χ1) is 8.81. The molecule has 0 amide bonds. The fraction of sp³-hybridized carbons (Fsp3) is 0.455. The van der Waals surface area contributed by atoms with Crippen LogP contribution in [0.15, 0.2) is 23.3 Å². The Bertz CT molecular complexity index is 571. The molecule has 2 aromatic rings. The van der Waals surface area contributed by atoms with Gasteiger partial charge in [-0.15, -0.1) is 5.10 Å². The SMILES string of the molecule is O=c1cc(NCCn2ccnn2)nc(C2CC2)[nH]1. The lowest BCUT2D eigenvalue weighted by Crippen LogP contribution is -2.16. The van der Waals surface area contributed by atoms with E-state index in [4.69, 9.17) is 0 Å². The highest BCUT2D eigenvalue weighted by atomic mass is 16.1. The number of hydrogen-bond donors (Lipinski definition) is 2. The van der Waals surface area contributed by atoms with E-state index in [1.807, 2.05) is 0 Å². The van der Waals surface area contributed by atoms with Gasteiger partial charge in [-0.25, -0.2) is 4.98 Å². The normalized spacial score (nSPS) is 14.7. The molecular weight excluding hydrogens is 232 g/mol. The number of anilines is 1. The summed E-state index contributed by atoms with van der Waals surface area (Å²) in [6, 6.07) is 1.48. The predicted octanol–water partition coefficient (Wildman–Crippen LogP) is 0.351. The Kier molecular flexibility index (Phi) is 2.79. The monoisotopic (exact) mass is 246 g/mol. The Hall–Kier alpha value is -2.18. The second-order valence-electron chi connectivity index (χ2n) is 4.38. The van der Waals surface area contributed by atoms with Crippen molar-refractivity contribution in [2.45, 2.75) is 25.3 Å². The molecular formula is C11H14N6O. The zero-order chi connectivity index (χ0) is 12.4. The van der Waals surface area contributed by atoms with Crippen LogP contribution in [-0.4, -0.2) is 31.5 Å². The highest BCUT2D eigenvalue weighted by Crippen LogP contribution is 2.37. The zero-order valence-corrected chi connectivity index (χ0v) is 9.83. The quantitative estimate of drug-likeness (QED) is 0.794. The van der Waals surface area contributed by atoms with Crippen molar-refractivity contribution < 1.29 is 0 Å². The summed E-state index contributed by atoms with van der Waals surface area (Å²) in [4.78, 5) is 18.7. The zero-order valence-electron chi connectivity index (χ0n) is 9.83. The molecule has 2 aromatic heterocycles. The van der Waals surface area contributed by atoms with Crippen LogP contribution in [0.25, 0.3) is 0 Å². The average Bonchev–Trinajstić information content (AvgIpc) is 3.08. The van der Waals surface area contributed by atoms with Crippen LogP contribution in [0.3, 0.4) is 0 Å². The summed E-state index contributed by atoms with van der Waals surface area (Å²) in [5.41, 5.74) is -0.102. The minimum Gasteiger partial charge on any atom is -0.368 e. The lowest BCUT2D eigenvalue weighted by Gasteiger charge is -2.06. The molecule has 1 aliphatic carbocycles. The van der Waals surface area contributed by atoms with Crippen LogP contribution < -0.4 is 10.9 Å². The molecule has 0 aromatic carbocycles. The first kappa shape index (κ1) is 10.9. The van der Waals surface area contributed by atoms with Gasteiger partial charge in [0.2, 0.25) is 0 Å². The van der Waals surface area contributed by atoms with Crippen LogP contribution in [0.2, 0.25) is 0 Å². The van der Waals surface area contributed by atoms with E-state index < -0.39 is 0 Å². The van der Waals surface area contributed by atoms with E-state index in [0.29, 0.717) is 24.8 Å². The summed E-state index contributed by atoms with van der Waals surface area (Å²) >= 11 is 0. The van der Waals surface area contributed by atoms with Gasteiger partial charge in [-0.1, -0.05) is 5.21 Å². The molecule has 0 atom stereocenters. The van der Waals surface area contributed by atoms with Crippen molar-refractivity contribution >= 4 is 5.82 Å². The van der Waals surface area contributed by atoms with E-state index in [1.165, 1.54) is 6.07 Å². The third-order valence-electron chi connectivity index (χ3n) is 2.84. The highest BCUT2D eigenvalue weighted by Gasteiger charge is 2.26. The molecule has 0 aliphatic heterocycles. The van der Waals surface area contributed by atoms with E-state index in [2.05, 4.69) is 25.6 Å². The maximum Gasteiger partial charge on any atom is 0.252 e. The fourth-order valence-corrected chi connectivity index (χ4v) is 1.77. The molecule has 0 unspecified atom stereocenters. The molecule has 0 bridgehead atoms. The van der Waals surface area contributed by atoms with Crippen molar-refractivity contribution in [3.63, 3.8) is 0 Å². The molecule has 94 valence electrons. The number of rotatable bonds is 5. The number of aromatic nitrogens is 5. The van der Waals surface area contributed by atoms with Gasteiger partial charge in [0, 0.05) is 24.7 Å². The van der Waals surface area contributed by atoms with E-state index in [0.717, 1.165) is 18.7 Å². The minimum atomic E-state index is -0.102. The molecule has 7 nitrogen and oxygen atoms in total. The molecule has 1 aliphatic rings. The third-order valence-corrected chi connectivity index (χ3v) is 2.84. The third kappa shape index (κ3) is 2.55. The first-order valence-corrected chi connectivity index (χ1v) is 6.00. The Morgan fingerprint density at radius 3 is 3.11 bits per heavy atom. The number of nitrogens with one attached hydrogen (secondary N) is 2. The lowest BCUT2D eigenvalue weighted by atomic mass is 10.4. The maximum atomic E-state index is 11.5. The van der Waals surface area contributed by atoms with Crippen LogP contribution in [0.5, 0.6) is 0 Å². The molecule has 1 saturated carbocycles. The van der Waals surface area contributed by atoms with Gasteiger partial charge < -0.3 is 10.3 Å². The van der Waals surface area contributed by atoms with Crippen molar-refractivity contribution in [2.75, 3.05) is 11.9 Å². The maximum absolute atomic E-state index is 11.5. The number of hydrogen-bond acceptors (Lipinski definition) is 5. The fourth-order valence-electron chi connectivity index (χ4n) is 1.77. The lowest BCUT2D eigenvalue weighted by molar-refractivity contribution is 0.608. The second kappa shape index (κ2) is 4.59. The van der Waals surface area contributed by atoms with Gasteiger partial charge in [0.15, 0.2) is 0 Å². The first-order valence-electron chi connectivity index (χ1n) is 6.00. The van der Waals surface area contributed by atoms with E-state index >= 15 is 0 Å². The number of nitrogens with zero attached hydrogens (tertiary/aromatic N) is 4. The number of H-pyrrole nitrogens is 1. The minimum absolute atomic E-state index is 0.102.